The molecule has 4 heteroatoms. The van der Waals surface area contributed by atoms with Crippen LogP contribution in [0.5, 0.6) is 5.75 Å². The number of hydrogen-bond donors (Lipinski definition) is 2. The summed E-state index contributed by atoms with van der Waals surface area (Å²) in [6, 6.07) is 6.02. The van der Waals surface area contributed by atoms with E-state index in [2.05, 4.69) is 11.4 Å². The molecule has 0 radical (unpaired) electrons. The zero-order valence-corrected chi connectivity index (χ0v) is 14.4. The highest BCUT2D eigenvalue weighted by atomic mass is 16.5. The number of hydrogen-bond acceptors (Lipinski definition) is 3. The van der Waals surface area contributed by atoms with E-state index in [9.17, 15) is 9.90 Å². The first-order chi connectivity index (χ1) is 10.2. The average molecular weight is 307 g/mol. The number of benzene rings is 1. The van der Waals surface area contributed by atoms with Crippen molar-refractivity contribution in [3.63, 3.8) is 0 Å². The van der Waals surface area contributed by atoms with Gasteiger partial charge in [-0.1, -0.05) is 19.9 Å². The van der Waals surface area contributed by atoms with Crippen molar-refractivity contribution in [3.8, 4) is 5.75 Å². The molecule has 0 aromatic heterocycles. The number of aryl methyl sites for hydroxylation is 2. The molecule has 0 aliphatic carbocycles. The summed E-state index contributed by atoms with van der Waals surface area (Å²) in [5, 5.41) is 12.3. The van der Waals surface area contributed by atoms with Crippen molar-refractivity contribution >= 4 is 5.91 Å². The summed E-state index contributed by atoms with van der Waals surface area (Å²) < 4.78 is 5.63. The van der Waals surface area contributed by atoms with Crippen molar-refractivity contribution in [3.05, 3.63) is 29.3 Å². The smallest absolute Gasteiger partial charge is 0.223 e. The van der Waals surface area contributed by atoms with Crippen LogP contribution in [0, 0.1) is 19.3 Å². The highest BCUT2D eigenvalue weighted by molar-refractivity contribution is 5.76. The third-order valence-electron chi connectivity index (χ3n) is 3.41. The highest BCUT2D eigenvalue weighted by Crippen LogP contribution is 2.21. The Labute approximate surface area is 133 Å². The molecule has 1 atom stereocenters. The van der Waals surface area contributed by atoms with Crippen LogP contribution in [0.1, 0.15) is 44.7 Å². The maximum absolute atomic E-state index is 11.8. The summed E-state index contributed by atoms with van der Waals surface area (Å²) in [5.74, 6) is 0.780. The molecule has 22 heavy (non-hydrogen) atoms. The molecule has 1 aromatic rings. The topological polar surface area (TPSA) is 58.6 Å². The van der Waals surface area contributed by atoms with E-state index >= 15 is 0 Å². The normalized spacial score (nSPS) is 12.8. The van der Waals surface area contributed by atoms with Gasteiger partial charge in [0.05, 0.1) is 19.1 Å². The number of aliphatic hydroxyl groups excluding tert-OH is 1. The Kier molecular flexibility index (Phi) is 6.88. The third-order valence-corrected chi connectivity index (χ3v) is 3.41. The largest absolute Gasteiger partial charge is 0.493 e. The average Bonchev–Trinajstić information content (AvgIpc) is 2.34. The molecule has 0 bridgehead atoms. The minimum Gasteiger partial charge on any atom is -0.493 e. The molecule has 1 rings (SSSR count). The zero-order valence-electron chi connectivity index (χ0n) is 14.4. The lowest BCUT2D eigenvalue weighted by Gasteiger charge is -2.26. The van der Waals surface area contributed by atoms with Crippen molar-refractivity contribution in [2.24, 2.45) is 5.41 Å². The number of nitrogens with one attached hydrogen (secondary N) is 1. The standard InChI is InChI=1S/C18H29NO3/c1-13-8-14(2)10-16(9-13)22-7-6-17(21)19-12-18(4,5)11-15(3)20/h8-10,15,20H,6-7,11-12H2,1-5H3,(H,19,21). The van der Waals surface area contributed by atoms with Crippen LogP contribution in [-0.4, -0.2) is 30.3 Å². The summed E-state index contributed by atoms with van der Waals surface area (Å²) in [7, 11) is 0. The van der Waals surface area contributed by atoms with Crippen LogP contribution in [0.4, 0.5) is 0 Å². The Balaban J connectivity index is 2.31. The molecule has 0 fully saturated rings. The van der Waals surface area contributed by atoms with Gasteiger partial charge in [-0.15, -0.1) is 0 Å². The van der Waals surface area contributed by atoms with E-state index < -0.39 is 0 Å². The summed E-state index contributed by atoms with van der Waals surface area (Å²) >= 11 is 0. The van der Waals surface area contributed by atoms with E-state index in [1.807, 2.05) is 39.8 Å². The number of aliphatic hydroxyl groups is 1. The Bertz CT molecular complexity index is 475. The molecule has 0 spiro atoms. The lowest BCUT2D eigenvalue weighted by molar-refractivity contribution is -0.122. The van der Waals surface area contributed by atoms with E-state index in [4.69, 9.17) is 4.74 Å². The van der Waals surface area contributed by atoms with Gasteiger partial charge in [-0.05, 0) is 55.9 Å². The zero-order chi connectivity index (χ0) is 16.8. The molecular formula is C18H29NO3. The number of carbonyl (C=O) groups excluding carboxylic acids is 1. The quantitative estimate of drug-likeness (QED) is 0.776. The number of amides is 1. The van der Waals surface area contributed by atoms with Crippen LogP contribution in [0.2, 0.25) is 0 Å². The first kappa shape index (κ1) is 18.5. The Morgan fingerprint density at radius 2 is 1.86 bits per heavy atom. The van der Waals surface area contributed by atoms with Crippen molar-refractivity contribution in [2.75, 3.05) is 13.2 Å². The fourth-order valence-electron chi connectivity index (χ4n) is 2.58. The molecule has 2 N–H and O–H groups in total. The molecule has 0 saturated heterocycles. The van der Waals surface area contributed by atoms with Gasteiger partial charge >= 0.3 is 0 Å². The number of ether oxygens (including phenoxy) is 1. The maximum Gasteiger partial charge on any atom is 0.223 e. The second-order valence-corrected chi connectivity index (χ2v) is 6.92. The predicted octanol–water partition coefficient (Wildman–Crippen LogP) is 2.99. The minimum atomic E-state index is -0.361. The predicted molar refractivity (Wildman–Crippen MR) is 89.1 cm³/mol. The second kappa shape index (κ2) is 8.18. The Hall–Kier alpha value is -1.55. The van der Waals surface area contributed by atoms with Gasteiger partial charge < -0.3 is 15.2 Å². The minimum absolute atomic E-state index is 0.0250. The summed E-state index contributed by atoms with van der Waals surface area (Å²) in [6.07, 6.45) is 0.629. The molecule has 1 aromatic carbocycles. The van der Waals surface area contributed by atoms with E-state index in [0.29, 0.717) is 26.0 Å². The van der Waals surface area contributed by atoms with Gasteiger partial charge in [0.15, 0.2) is 0 Å². The van der Waals surface area contributed by atoms with E-state index in [1.165, 1.54) is 0 Å². The van der Waals surface area contributed by atoms with Gasteiger partial charge in [0.1, 0.15) is 5.75 Å². The molecule has 0 heterocycles. The molecule has 124 valence electrons. The van der Waals surface area contributed by atoms with E-state index in [0.717, 1.165) is 16.9 Å². The van der Waals surface area contributed by atoms with Crippen LogP contribution < -0.4 is 10.1 Å². The second-order valence-electron chi connectivity index (χ2n) is 6.92. The van der Waals surface area contributed by atoms with Gasteiger partial charge in [0.25, 0.3) is 0 Å². The van der Waals surface area contributed by atoms with E-state index in [-0.39, 0.29) is 17.4 Å². The molecule has 1 amide bonds. The van der Waals surface area contributed by atoms with Crippen molar-refractivity contribution in [2.45, 2.75) is 53.6 Å². The van der Waals surface area contributed by atoms with Crippen LogP contribution in [0.3, 0.4) is 0 Å². The number of carbonyl (C=O) groups is 1. The third kappa shape index (κ3) is 7.46. The monoisotopic (exact) mass is 307 g/mol. The lowest BCUT2D eigenvalue weighted by atomic mass is 9.87. The SMILES string of the molecule is Cc1cc(C)cc(OCCC(=O)NCC(C)(C)CC(C)O)c1. The lowest BCUT2D eigenvalue weighted by Crippen LogP contribution is -2.36. The van der Waals surface area contributed by atoms with Gasteiger partial charge in [0.2, 0.25) is 5.91 Å². The van der Waals surface area contributed by atoms with Crippen LogP contribution in [0.25, 0.3) is 0 Å². The molecule has 1 unspecified atom stereocenters. The first-order valence-electron chi connectivity index (χ1n) is 7.84. The molecule has 0 aliphatic rings. The van der Waals surface area contributed by atoms with Gasteiger partial charge in [-0.3, -0.25) is 4.79 Å². The Morgan fingerprint density at radius 1 is 1.27 bits per heavy atom. The first-order valence-corrected chi connectivity index (χ1v) is 7.84. The van der Waals surface area contributed by atoms with Gasteiger partial charge in [0, 0.05) is 6.54 Å². The maximum atomic E-state index is 11.8. The molecular weight excluding hydrogens is 278 g/mol. The van der Waals surface area contributed by atoms with Gasteiger partial charge in [-0.2, -0.15) is 0 Å². The Morgan fingerprint density at radius 3 is 2.41 bits per heavy atom. The molecule has 4 nitrogen and oxygen atoms in total. The highest BCUT2D eigenvalue weighted by Gasteiger charge is 2.20. The summed E-state index contributed by atoms with van der Waals surface area (Å²) in [6.45, 7) is 10.8. The summed E-state index contributed by atoms with van der Waals surface area (Å²) in [5.41, 5.74) is 2.19. The van der Waals surface area contributed by atoms with Crippen molar-refractivity contribution < 1.29 is 14.6 Å². The van der Waals surface area contributed by atoms with Crippen LogP contribution in [-0.2, 0) is 4.79 Å². The van der Waals surface area contributed by atoms with E-state index in [1.54, 1.807) is 6.92 Å². The van der Waals surface area contributed by atoms with Gasteiger partial charge in [-0.25, -0.2) is 0 Å². The van der Waals surface area contributed by atoms with Crippen LogP contribution in [0.15, 0.2) is 18.2 Å². The molecule has 0 saturated carbocycles. The van der Waals surface area contributed by atoms with Crippen molar-refractivity contribution in [1.29, 1.82) is 0 Å². The van der Waals surface area contributed by atoms with Crippen molar-refractivity contribution in [1.82, 2.24) is 5.32 Å². The summed E-state index contributed by atoms with van der Waals surface area (Å²) in [4.78, 5) is 11.8. The molecule has 0 aliphatic heterocycles. The number of rotatable bonds is 8. The van der Waals surface area contributed by atoms with Crippen LogP contribution >= 0.6 is 0 Å². The fraction of sp³-hybridized carbons (Fsp3) is 0.611. The fourth-order valence-corrected chi connectivity index (χ4v) is 2.58.